The van der Waals surface area contributed by atoms with Gasteiger partial charge in [0.1, 0.15) is 6.23 Å². The fourth-order valence-electron chi connectivity index (χ4n) is 2.84. The van der Waals surface area contributed by atoms with Crippen LogP contribution in [0.1, 0.15) is 46.0 Å². The average Bonchev–Trinajstić information content (AvgIpc) is 2.70. The first-order valence-electron chi connectivity index (χ1n) is 10.4. The van der Waals surface area contributed by atoms with Crippen molar-refractivity contribution in [2.75, 3.05) is 54.5 Å². The van der Waals surface area contributed by atoms with E-state index in [1.807, 2.05) is 42.0 Å². The number of morpholine rings is 1. The molecule has 0 aromatic rings. The molecule has 0 spiro atoms. The Morgan fingerprint density at radius 1 is 1.04 bits per heavy atom. The molecule has 0 aromatic heterocycles. The zero-order valence-corrected chi connectivity index (χ0v) is 18.5. The highest BCUT2D eigenvalue weighted by molar-refractivity contribution is 5.04. The Bertz CT molecular complexity index is 332. The Balaban J connectivity index is 0.000000616. The predicted molar refractivity (Wildman–Crippen MR) is 115 cm³/mol. The largest absolute Gasteiger partial charge is 0.387 e. The monoisotopic (exact) mass is 387 g/mol. The first-order valence-corrected chi connectivity index (χ1v) is 10.4. The smallest absolute Gasteiger partial charge is 0.150 e. The second-order valence-corrected chi connectivity index (χ2v) is 7.07. The molecule has 5 N–H and O–H groups in total. The molecule has 1 saturated heterocycles. The maximum atomic E-state index is 5.81. The van der Waals surface area contributed by atoms with Gasteiger partial charge in [-0.05, 0) is 47.8 Å². The molecule has 1 saturated carbocycles. The first-order chi connectivity index (χ1) is 13.1. The Morgan fingerprint density at radius 2 is 1.63 bits per heavy atom. The van der Waals surface area contributed by atoms with Gasteiger partial charge < -0.3 is 30.7 Å². The van der Waals surface area contributed by atoms with Gasteiger partial charge in [-0.25, -0.2) is 0 Å². The van der Waals surface area contributed by atoms with Crippen LogP contribution in [0.15, 0.2) is 11.9 Å². The van der Waals surface area contributed by atoms with E-state index in [0.717, 1.165) is 32.0 Å². The lowest BCUT2D eigenvalue weighted by Gasteiger charge is -2.25. The van der Waals surface area contributed by atoms with Crippen LogP contribution in [0.3, 0.4) is 0 Å². The standard InChI is InChI=1S/C14H29N3O.C4H9NO.C2H7N/c1-11(2)18-14(16-4)13(15-3)10-17-12-8-6-5-7-9-12;1-3-6-4-2-5-1;1-3-2/h10-12,14-17H,5-9H2,1-4H3;5H,1-4H2;3H,1-2H3/b13-10+;;. The van der Waals surface area contributed by atoms with Gasteiger partial charge in [0.25, 0.3) is 0 Å². The van der Waals surface area contributed by atoms with Gasteiger partial charge in [-0.2, -0.15) is 0 Å². The van der Waals surface area contributed by atoms with E-state index >= 15 is 0 Å². The van der Waals surface area contributed by atoms with Crippen LogP contribution in [0.4, 0.5) is 0 Å². The van der Waals surface area contributed by atoms with Crippen LogP contribution in [-0.2, 0) is 9.47 Å². The molecule has 0 amide bonds. The van der Waals surface area contributed by atoms with Crippen molar-refractivity contribution in [1.82, 2.24) is 26.6 Å². The summed E-state index contributed by atoms with van der Waals surface area (Å²) < 4.78 is 10.8. The molecule has 7 nitrogen and oxygen atoms in total. The average molecular weight is 388 g/mol. The SMILES string of the molecule is C1COCCN1.CN/C(=C/NC1CCCCC1)C(NC)OC(C)C.CNC. The summed E-state index contributed by atoms with van der Waals surface area (Å²) in [6.07, 6.45) is 8.83. The van der Waals surface area contributed by atoms with Crippen molar-refractivity contribution in [2.45, 2.75) is 64.3 Å². The first kappa shape index (κ1) is 26.1. The molecule has 1 unspecified atom stereocenters. The third kappa shape index (κ3) is 14.8. The number of hydrogen-bond donors (Lipinski definition) is 5. The quantitative estimate of drug-likeness (QED) is 0.423. The third-order valence-electron chi connectivity index (χ3n) is 4.17. The van der Waals surface area contributed by atoms with Gasteiger partial charge in [0.2, 0.25) is 0 Å². The van der Waals surface area contributed by atoms with Crippen LogP contribution in [0.25, 0.3) is 0 Å². The topological polar surface area (TPSA) is 78.6 Å². The molecule has 7 heteroatoms. The van der Waals surface area contributed by atoms with Gasteiger partial charge in [0.15, 0.2) is 0 Å². The lowest BCUT2D eigenvalue weighted by atomic mass is 9.96. The molecule has 0 aromatic carbocycles. The molecule has 2 aliphatic rings. The Kier molecular flexibility index (Phi) is 17.9. The van der Waals surface area contributed by atoms with E-state index in [9.17, 15) is 0 Å². The summed E-state index contributed by atoms with van der Waals surface area (Å²) in [7, 11) is 7.60. The predicted octanol–water partition coefficient (Wildman–Crippen LogP) is 1.38. The van der Waals surface area contributed by atoms with Crippen LogP contribution in [0, 0.1) is 0 Å². The van der Waals surface area contributed by atoms with Gasteiger partial charge in [-0.1, -0.05) is 19.3 Å². The summed E-state index contributed by atoms with van der Waals surface area (Å²) in [5.74, 6) is 0. The van der Waals surface area contributed by atoms with Crippen molar-refractivity contribution in [3.63, 3.8) is 0 Å². The number of ether oxygens (including phenoxy) is 2. The van der Waals surface area contributed by atoms with E-state index in [0.29, 0.717) is 6.04 Å². The second kappa shape index (κ2) is 18.5. The second-order valence-electron chi connectivity index (χ2n) is 7.07. The van der Waals surface area contributed by atoms with Crippen molar-refractivity contribution in [3.8, 4) is 0 Å². The number of rotatable bonds is 7. The normalized spacial score (nSPS) is 19.3. The van der Waals surface area contributed by atoms with E-state index < -0.39 is 0 Å². The Hall–Kier alpha value is -0.860. The summed E-state index contributed by atoms with van der Waals surface area (Å²) in [6, 6.07) is 0.624. The van der Waals surface area contributed by atoms with Crippen molar-refractivity contribution in [1.29, 1.82) is 0 Å². The summed E-state index contributed by atoms with van der Waals surface area (Å²) >= 11 is 0. The maximum absolute atomic E-state index is 5.81. The van der Waals surface area contributed by atoms with Crippen LogP contribution in [-0.4, -0.2) is 72.9 Å². The van der Waals surface area contributed by atoms with Crippen LogP contribution in [0.5, 0.6) is 0 Å². The van der Waals surface area contributed by atoms with Crippen molar-refractivity contribution >= 4 is 0 Å². The molecule has 1 heterocycles. The Morgan fingerprint density at radius 3 is 2.00 bits per heavy atom. The molecule has 0 radical (unpaired) electrons. The van der Waals surface area contributed by atoms with Gasteiger partial charge in [-0.15, -0.1) is 0 Å². The Labute approximate surface area is 167 Å². The van der Waals surface area contributed by atoms with E-state index in [1.165, 1.54) is 32.1 Å². The highest BCUT2D eigenvalue weighted by Crippen LogP contribution is 2.17. The number of likely N-dealkylation sites (N-methyl/N-ethyl adjacent to an activating group) is 2. The van der Waals surface area contributed by atoms with Gasteiger partial charge in [0, 0.05) is 32.4 Å². The van der Waals surface area contributed by atoms with Gasteiger partial charge >= 0.3 is 0 Å². The zero-order valence-electron chi connectivity index (χ0n) is 18.5. The number of nitrogens with one attached hydrogen (secondary N) is 5. The molecular weight excluding hydrogens is 342 g/mol. The molecule has 162 valence electrons. The molecular formula is C20H45N5O2. The van der Waals surface area contributed by atoms with Crippen LogP contribution in [0.2, 0.25) is 0 Å². The van der Waals surface area contributed by atoms with Crippen LogP contribution < -0.4 is 26.6 Å². The highest BCUT2D eigenvalue weighted by Gasteiger charge is 2.15. The molecule has 1 atom stereocenters. The van der Waals surface area contributed by atoms with Crippen molar-refractivity contribution < 1.29 is 9.47 Å². The molecule has 2 fully saturated rings. The fraction of sp³-hybridized carbons (Fsp3) is 0.900. The van der Waals surface area contributed by atoms with E-state index in [-0.39, 0.29) is 12.3 Å². The lowest BCUT2D eigenvalue weighted by Crippen LogP contribution is -2.39. The summed E-state index contributed by atoms with van der Waals surface area (Å²) in [5, 5.41) is 15.8. The van der Waals surface area contributed by atoms with Crippen LogP contribution >= 0.6 is 0 Å². The lowest BCUT2D eigenvalue weighted by molar-refractivity contribution is 0.0108. The van der Waals surface area contributed by atoms with Crippen molar-refractivity contribution in [3.05, 3.63) is 11.9 Å². The molecule has 2 rings (SSSR count). The third-order valence-corrected chi connectivity index (χ3v) is 4.17. The van der Waals surface area contributed by atoms with Gasteiger partial charge in [-0.3, -0.25) is 5.32 Å². The zero-order chi connectivity index (χ0) is 20.3. The number of hydrogen-bond acceptors (Lipinski definition) is 7. The molecule has 27 heavy (non-hydrogen) atoms. The summed E-state index contributed by atoms with van der Waals surface area (Å²) in [5.41, 5.74) is 1.05. The van der Waals surface area contributed by atoms with E-state index in [1.54, 1.807) is 0 Å². The summed E-state index contributed by atoms with van der Waals surface area (Å²) in [6.45, 7) is 7.93. The van der Waals surface area contributed by atoms with Crippen molar-refractivity contribution in [2.24, 2.45) is 0 Å². The fourth-order valence-corrected chi connectivity index (χ4v) is 2.84. The minimum atomic E-state index is -0.0777. The van der Waals surface area contributed by atoms with E-state index in [2.05, 4.69) is 32.8 Å². The minimum Gasteiger partial charge on any atom is -0.387 e. The molecule has 1 aliphatic heterocycles. The molecule has 1 aliphatic carbocycles. The maximum Gasteiger partial charge on any atom is 0.150 e. The summed E-state index contributed by atoms with van der Waals surface area (Å²) in [4.78, 5) is 0. The highest BCUT2D eigenvalue weighted by atomic mass is 16.5. The van der Waals surface area contributed by atoms with E-state index in [4.69, 9.17) is 9.47 Å². The minimum absolute atomic E-state index is 0.0777. The molecule has 0 bridgehead atoms. The van der Waals surface area contributed by atoms with Gasteiger partial charge in [0.05, 0.1) is 25.0 Å².